The minimum atomic E-state index is -0.292. The summed E-state index contributed by atoms with van der Waals surface area (Å²) in [7, 11) is 0. The van der Waals surface area contributed by atoms with Crippen molar-refractivity contribution in [3.8, 4) is 0 Å². The Balaban J connectivity index is 0.00000200. The molecule has 0 aromatic carbocycles. The zero-order chi connectivity index (χ0) is 14.2. The monoisotopic (exact) mass is 501 g/mol. The van der Waals surface area contributed by atoms with E-state index in [-0.39, 0.29) is 49.2 Å². The SMILES string of the molecule is Cc1ccnc2c1C(C(C)C)(C(C)C)OCC2CO.[U]. The second-order valence-corrected chi connectivity index (χ2v) is 6.18. The van der Waals surface area contributed by atoms with E-state index in [1.165, 1.54) is 11.1 Å². The third-order valence-corrected chi connectivity index (χ3v) is 4.43. The summed E-state index contributed by atoms with van der Waals surface area (Å²) in [6.45, 7) is 11.6. The molecule has 0 aliphatic carbocycles. The van der Waals surface area contributed by atoms with E-state index in [0.29, 0.717) is 18.4 Å². The summed E-state index contributed by atoms with van der Waals surface area (Å²) >= 11 is 0. The molecule has 0 amide bonds. The van der Waals surface area contributed by atoms with E-state index in [1.54, 1.807) is 0 Å². The first-order valence-electron chi connectivity index (χ1n) is 7.15. The molecule has 1 aromatic heterocycles. The minimum absolute atomic E-state index is 0. The van der Waals surface area contributed by atoms with Gasteiger partial charge in [0.05, 0.1) is 24.5 Å². The van der Waals surface area contributed by atoms with Gasteiger partial charge in [0.25, 0.3) is 0 Å². The molecule has 0 radical (unpaired) electrons. The molecule has 1 aromatic rings. The maximum absolute atomic E-state index is 9.56. The zero-order valence-electron chi connectivity index (χ0n) is 13.1. The number of fused-ring (bicyclic) bond motifs is 1. The Kier molecular flexibility index (Phi) is 6.29. The van der Waals surface area contributed by atoms with Gasteiger partial charge in [-0.15, -0.1) is 0 Å². The maximum Gasteiger partial charge on any atom is 0.0997 e. The normalized spacial score (nSPS) is 20.7. The van der Waals surface area contributed by atoms with Crippen LogP contribution >= 0.6 is 0 Å². The Labute approximate surface area is 145 Å². The molecule has 110 valence electrons. The summed E-state index contributed by atoms with van der Waals surface area (Å²) in [6.07, 6.45) is 1.84. The molecule has 1 unspecified atom stereocenters. The fourth-order valence-electron chi connectivity index (χ4n) is 3.50. The van der Waals surface area contributed by atoms with Crippen molar-refractivity contribution < 1.29 is 41.0 Å². The fourth-order valence-corrected chi connectivity index (χ4v) is 3.50. The topological polar surface area (TPSA) is 42.4 Å². The molecule has 1 aliphatic rings. The van der Waals surface area contributed by atoms with E-state index < -0.39 is 0 Å². The summed E-state index contributed by atoms with van der Waals surface area (Å²) in [5.74, 6) is 0.739. The largest absolute Gasteiger partial charge is 0.396 e. The van der Waals surface area contributed by atoms with Crippen LogP contribution in [0.25, 0.3) is 0 Å². The molecule has 0 fully saturated rings. The fraction of sp³-hybridized carbons (Fsp3) is 0.688. The van der Waals surface area contributed by atoms with Gasteiger partial charge >= 0.3 is 0 Å². The number of aromatic nitrogens is 1. The number of hydrogen-bond donors (Lipinski definition) is 1. The number of aliphatic hydroxyl groups excluding tert-OH is 1. The first-order chi connectivity index (χ1) is 8.95. The summed E-state index contributed by atoms with van der Waals surface area (Å²) in [5, 5.41) is 9.56. The Bertz CT molecular complexity index is 452. The predicted octanol–water partition coefficient (Wildman–Crippen LogP) is 3.00. The van der Waals surface area contributed by atoms with Crippen molar-refractivity contribution in [1.29, 1.82) is 0 Å². The number of ether oxygens (including phenoxy) is 1. The van der Waals surface area contributed by atoms with Gasteiger partial charge in [-0.2, -0.15) is 0 Å². The summed E-state index contributed by atoms with van der Waals surface area (Å²) < 4.78 is 6.30. The molecular weight excluding hydrogens is 476 g/mol. The van der Waals surface area contributed by atoms with Crippen LogP contribution in [0.3, 0.4) is 0 Å². The summed E-state index contributed by atoms with van der Waals surface area (Å²) in [4.78, 5) is 4.55. The average molecular weight is 501 g/mol. The van der Waals surface area contributed by atoms with Crippen LogP contribution in [-0.2, 0) is 10.3 Å². The van der Waals surface area contributed by atoms with Gasteiger partial charge < -0.3 is 9.84 Å². The molecular formula is C16H25NO2U. The molecule has 4 heteroatoms. The molecule has 3 nitrogen and oxygen atoms in total. The molecule has 1 N–H and O–H groups in total. The first-order valence-corrected chi connectivity index (χ1v) is 7.15. The number of rotatable bonds is 3. The number of hydrogen-bond acceptors (Lipinski definition) is 3. The zero-order valence-corrected chi connectivity index (χ0v) is 17.3. The Morgan fingerprint density at radius 1 is 1.35 bits per heavy atom. The van der Waals surface area contributed by atoms with Crippen LogP contribution < -0.4 is 0 Å². The quantitative estimate of drug-likeness (QED) is 0.693. The molecule has 2 rings (SSSR count). The molecule has 20 heavy (non-hydrogen) atoms. The van der Waals surface area contributed by atoms with Crippen LogP contribution in [0.5, 0.6) is 0 Å². The Morgan fingerprint density at radius 2 is 1.95 bits per heavy atom. The number of aliphatic hydroxyl groups is 1. The van der Waals surface area contributed by atoms with E-state index >= 15 is 0 Å². The van der Waals surface area contributed by atoms with E-state index in [2.05, 4.69) is 39.6 Å². The van der Waals surface area contributed by atoms with E-state index in [9.17, 15) is 5.11 Å². The number of pyridine rings is 1. The second-order valence-electron chi connectivity index (χ2n) is 6.18. The van der Waals surface area contributed by atoms with Gasteiger partial charge in [0, 0.05) is 48.8 Å². The van der Waals surface area contributed by atoms with Crippen molar-refractivity contribution in [1.82, 2.24) is 4.98 Å². The van der Waals surface area contributed by atoms with Crippen LogP contribution in [0.2, 0.25) is 0 Å². The molecule has 0 bridgehead atoms. The van der Waals surface area contributed by atoms with Gasteiger partial charge in [0.1, 0.15) is 0 Å². The molecule has 1 aliphatic heterocycles. The summed E-state index contributed by atoms with van der Waals surface area (Å²) in [5.41, 5.74) is 3.14. The summed E-state index contributed by atoms with van der Waals surface area (Å²) in [6, 6.07) is 2.04. The van der Waals surface area contributed by atoms with Crippen LogP contribution in [0, 0.1) is 49.9 Å². The van der Waals surface area contributed by atoms with Crippen molar-refractivity contribution in [2.75, 3.05) is 13.2 Å². The molecule has 0 spiro atoms. The van der Waals surface area contributed by atoms with Crippen LogP contribution in [0.15, 0.2) is 12.3 Å². The van der Waals surface area contributed by atoms with E-state index in [0.717, 1.165) is 5.69 Å². The van der Waals surface area contributed by atoms with Gasteiger partial charge in [-0.3, -0.25) is 4.98 Å². The van der Waals surface area contributed by atoms with Crippen molar-refractivity contribution >= 4 is 0 Å². The first kappa shape index (κ1) is 18.2. The maximum atomic E-state index is 9.56. The van der Waals surface area contributed by atoms with Crippen LogP contribution in [0.4, 0.5) is 0 Å². The average Bonchev–Trinajstić information content (AvgIpc) is 2.37. The van der Waals surface area contributed by atoms with Crippen LogP contribution in [-0.4, -0.2) is 23.3 Å². The predicted molar refractivity (Wildman–Crippen MR) is 76.1 cm³/mol. The van der Waals surface area contributed by atoms with E-state index in [1.807, 2.05) is 12.3 Å². The van der Waals surface area contributed by atoms with Crippen LogP contribution in [0.1, 0.15) is 50.4 Å². The molecule has 2 heterocycles. The second kappa shape index (κ2) is 6.92. The van der Waals surface area contributed by atoms with E-state index in [4.69, 9.17) is 4.74 Å². The van der Waals surface area contributed by atoms with Gasteiger partial charge in [-0.05, 0) is 30.4 Å². The number of nitrogens with zero attached hydrogens (tertiary/aromatic N) is 1. The molecule has 1 atom stereocenters. The van der Waals surface area contributed by atoms with Crippen molar-refractivity contribution in [3.63, 3.8) is 0 Å². The third-order valence-electron chi connectivity index (χ3n) is 4.43. The van der Waals surface area contributed by atoms with Gasteiger partial charge in [-0.1, -0.05) is 27.7 Å². The Hall–Kier alpha value is 0.122. The Morgan fingerprint density at radius 3 is 2.45 bits per heavy atom. The smallest absolute Gasteiger partial charge is 0.0997 e. The number of aryl methyl sites for hydroxylation is 1. The third kappa shape index (κ3) is 2.73. The minimum Gasteiger partial charge on any atom is -0.396 e. The van der Waals surface area contributed by atoms with Gasteiger partial charge in [0.2, 0.25) is 0 Å². The van der Waals surface area contributed by atoms with Gasteiger partial charge in [-0.25, -0.2) is 0 Å². The molecule has 0 saturated heterocycles. The standard InChI is InChI=1S/C16H25NO2.U/c1-10(2)16(11(3)4)14-12(5)6-7-17-15(14)13(8-18)9-19-16;/h6-7,10-11,13,18H,8-9H2,1-5H3;. The van der Waals surface area contributed by atoms with Crippen molar-refractivity contribution in [2.45, 2.75) is 46.1 Å². The van der Waals surface area contributed by atoms with Gasteiger partial charge in [0.15, 0.2) is 0 Å². The van der Waals surface area contributed by atoms with Crippen molar-refractivity contribution in [3.05, 3.63) is 29.1 Å². The molecule has 0 saturated carbocycles. The van der Waals surface area contributed by atoms with Crippen molar-refractivity contribution in [2.24, 2.45) is 11.8 Å².